The summed E-state index contributed by atoms with van der Waals surface area (Å²) < 4.78 is 11.4. The van der Waals surface area contributed by atoms with E-state index >= 15 is 0 Å². The minimum atomic E-state index is -1.14. The highest BCUT2D eigenvalue weighted by atomic mass is 16.5. The van der Waals surface area contributed by atoms with Crippen LogP contribution >= 0.6 is 0 Å². The Kier molecular flexibility index (Phi) is 5.95. The van der Waals surface area contributed by atoms with Gasteiger partial charge >= 0.3 is 11.9 Å². The molecule has 0 aromatic heterocycles. The normalized spacial score (nSPS) is 39.7. The van der Waals surface area contributed by atoms with Gasteiger partial charge in [0.05, 0.1) is 18.6 Å². The van der Waals surface area contributed by atoms with Crippen molar-refractivity contribution in [3.05, 3.63) is 24.3 Å². The van der Waals surface area contributed by atoms with Gasteiger partial charge in [-0.1, -0.05) is 40.3 Å². The molecule has 0 aromatic carbocycles. The molecule has 1 spiro atoms. The molecule has 2 bridgehead atoms. The summed E-state index contributed by atoms with van der Waals surface area (Å²) >= 11 is 0. The van der Waals surface area contributed by atoms with Gasteiger partial charge in [0, 0.05) is 29.6 Å². The predicted molar refractivity (Wildman–Crippen MR) is 122 cm³/mol. The first-order valence-corrected chi connectivity index (χ1v) is 12.4. The lowest BCUT2D eigenvalue weighted by Crippen LogP contribution is -2.69. The van der Waals surface area contributed by atoms with Crippen molar-refractivity contribution in [1.29, 1.82) is 0 Å². The molecule has 5 fully saturated rings. The van der Waals surface area contributed by atoms with Gasteiger partial charge in [0.1, 0.15) is 0 Å². The van der Waals surface area contributed by atoms with Crippen LogP contribution < -0.4 is 0 Å². The third kappa shape index (κ3) is 3.27. The van der Waals surface area contributed by atoms with E-state index in [-0.39, 0.29) is 67.3 Å². The number of Topliss-reactive ketones (excluding diaryl/α,β-unsaturated/α-hetero) is 2. The molecule has 5 aliphatic carbocycles. The zero-order valence-corrected chi connectivity index (χ0v) is 20.2. The van der Waals surface area contributed by atoms with Crippen molar-refractivity contribution in [2.24, 2.45) is 34.0 Å². The molecule has 5 rings (SSSR count). The van der Waals surface area contributed by atoms with Gasteiger partial charge < -0.3 is 9.47 Å². The minimum absolute atomic E-state index is 0.0639. The van der Waals surface area contributed by atoms with E-state index < -0.39 is 16.2 Å². The number of allylic oxidation sites excluding steroid dienone is 2. The number of carbonyl (C=O) groups excluding carboxylic acids is 4. The Morgan fingerprint density at radius 2 is 1.55 bits per heavy atom. The monoisotopic (exact) mass is 456 g/mol. The summed E-state index contributed by atoms with van der Waals surface area (Å²) in [7, 11) is 0. The van der Waals surface area contributed by atoms with Gasteiger partial charge in [0.15, 0.2) is 11.6 Å². The second kappa shape index (κ2) is 8.21. The maximum absolute atomic E-state index is 14.0. The van der Waals surface area contributed by atoms with E-state index in [2.05, 4.69) is 20.1 Å². The molecule has 33 heavy (non-hydrogen) atoms. The Balaban J connectivity index is 1.84. The first-order chi connectivity index (χ1) is 15.6. The number of hydrogen-bond acceptors (Lipinski definition) is 6. The predicted octanol–water partition coefficient (Wildman–Crippen LogP) is 4.37. The largest absolute Gasteiger partial charge is 0.465 e. The van der Waals surface area contributed by atoms with Crippen molar-refractivity contribution in [3.63, 3.8) is 0 Å². The molecular formula is C27H36O6. The number of hydrogen-bond donors (Lipinski definition) is 0. The van der Waals surface area contributed by atoms with Crippen molar-refractivity contribution in [1.82, 2.24) is 0 Å². The van der Waals surface area contributed by atoms with Crippen LogP contribution in [-0.2, 0) is 28.7 Å². The summed E-state index contributed by atoms with van der Waals surface area (Å²) in [5.74, 6) is -1.36. The molecule has 6 nitrogen and oxygen atoms in total. The summed E-state index contributed by atoms with van der Waals surface area (Å²) in [5, 5.41) is 0. The molecule has 5 saturated carbocycles. The molecule has 2 unspecified atom stereocenters. The van der Waals surface area contributed by atoms with Crippen LogP contribution in [0.4, 0.5) is 0 Å². The van der Waals surface area contributed by atoms with Crippen molar-refractivity contribution in [2.75, 3.05) is 13.2 Å². The molecule has 5 aliphatic rings. The van der Waals surface area contributed by atoms with Crippen LogP contribution in [0.3, 0.4) is 0 Å². The van der Waals surface area contributed by atoms with Crippen molar-refractivity contribution in [2.45, 2.75) is 72.1 Å². The fourth-order valence-corrected chi connectivity index (χ4v) is 7.78. The van der Waals surface area contributed by atoms with Crippen molar-refractivity contribution >= 4 is 23.5 Å². The SMILES string of the molecule is C=C1C(=O)[C@@]23CC[C@@H](CC2[C@]2(COC(=O)CC)CCC[C@@](C)(COC(=O)CC)C12)C(=C)C3=O. The number of rotatable bonds is 6. The Hall–Kier alpha value is -2.24. The summed E-state index contributed by atoms with van der Waals surface area (Å²) in [4.78, 5) is 51.8. The van der Waals surface area contributed by atoms with Crippen LogP contribution in [0.25, 0.3) is 0 Å². The van der Waals surface area contributed by atoms with E-state index in [1.165, 1.54) is 0 Å². The smallest absolute Gasteiger partial charge is 0.305 e. The Morgan fingerprint density at radius 3 is 2.18 bits per heavy atom. The topological polar surface area (TPSA) is 86.7 Å². The van der Waals surface area contributed by atoms with E-state index in [1.54, 1.807) is 13.8 Å². The standard InChI is InChI=1S/C27H36O6/c1-6-20(28)32-14-25(5)10-8-11-26(15-33-21(29)7-2)19-13-18-9-12-27(19,23(30)16(18)3)24(31)17(4)22(25)26/h18-19,22H,3-4,6-15H2,1-2,5H3/t18-,19?,22?,25-,26+,27-/m0/s1. The van der Waals surface area contributed by atoms with Gasteiger partial charge in [-0.15, -0.1) is 0 Å². The summed E-state index contributed by atoms with van der Waals surface area (Å²) in [6, 6.07) is 0. The molecule has 180 valence electrons. The number of carbonyl (C=O) groups is 4. The average molecular weight is 457 g/mol. The average Bonchev–Trinajstić information content (AvgIpc) is 2.82. The van der Waals surface area contributed by atoms with E-state index in [0.29, 0.717) is 24.0 Å². The van der Waals surface area contributed by atoms with E-state index in [4.69, 9.17) is 9.47 Å². The van der Waals surface area contributed by atoms with E-state index in [0.717, 1.165) is 25.7 Å². The number of ether oxygens (including phenoxy) is 2. The molecule has 6 atom stereocenters. The minimum Gasteiger partial charge on any atom is -0.465 e. The third-order valence-electron chi connectivity index (χ3n) is 9.24. The highest BCUT2D eigenvalue weighted by Gasteiger charge is 2.73. The third-order valence-corrected chi connectivity index (χ3v) is 9.24. The maximum Gasteiger partial charge on any atom is 0.305 e. The second-order valence-electron chi connectivity index (χ2n) is 10.9. The quantitative estimate of drug-likeness (QED) is 0.335. The molecule has 0 aromatic rings. The molecule has 0 radical (unpaired) electrons. The van der Waals surface area contributed by atoms with Gasteiger partial charge in [-0.05, 0) is 55.1 Å². The van der Waals surface area contributed by atoms with E-state index in [9.17, 15) is 19.2 Å². The Labute approximate surface area is 196 Å². The molecule has 0 aliphatic heterocycles. The molecule has 0 saturated heterocycles. The van der Waals surface area contributed by atoms with Gasteiger partial charge in [0.2, 0.25) is 0 Å². The Bertz CT molecular complexity index is 933. The highest BCUT2D eigenvalue weighted by molar-refractivity contribution is 6.21. The molecule has 6 heteroatoms. The summed E-state index contributed by atoms with van der Waals surface area (Å²) in [6.45, 7) is 14.2. The summed E-state index contributed by atoms with van der Waals surface area (Å²) in [6.07, 6.45) is 4.90. The number of esters is 2. The van der Waals surface area contributed by atoms with Crippen LogP contribution in [0.5, 0.6) is 0 Å². The molecular weight excluding hydrogens is 420 g/mol. The lowest BCUT2D eigenvalue weighted by molar-refractivity contribution is -0.195. The van der Waals surface area contributed by atoms with Crippen molar-refractivity contribution < 1.29 is 28.7 Å². The number of ketones is 2. The fraction of sp³-hybridized carbons (Fsp3) is 0.704. The van der Waals surface area contributed by atoms with Gasteiger partial charge in [-0.2, -0.15) is 0 Å². The lowest BCUT2D eigenvalue weighted by Gasteiger charge is -2.67. The van der Waals surface area contributed by atoms with Gasteiger partial charge in [0.25, 0.3) is 0 Å². The lowest BCUT2D eigenvalue weighted by atomic mass is 9.35. The van der Waals surface area contributed by atoms with Crippen LogP contribution in [0.1, 0.15) is 72.1 Å². The Morgan fingerprint density at radius 1 is 0.939 bits per heavy atom. The van der Waals surface area contributed by atoms with Crippen LogP contribution in [0.2, 0.25) is 0 Å². The maximum atomic E-state index is 14.0. The fourth-order valence-electron chi connectivity index (χ4n) is 7.78. The molecule has 0 amide bonds. The van der Waals surface area contributed by atoms with E-state index in [1.807, 2.05) is 0 Å². The molecule has 0 heterocycles. The molecule has 0 N–H and O–H groups in total. The first kappa shape index (κ1) is 23.9. The van der Waals surface area contributed by atoms with Gasteiger partial charge in [-0.3, -0.25) is 19.2 Å². The second-order valence-corrected chi connectivity index (χ2v) is 10.9. The van der Waals surface area contributed by atoms with Crippen LogP contribution in [0.15, 0.2) is 24.3 Å². The van der Waals surface area contributed by atoms with Gasteiger partial charge in [-0.25, -0.2) is 0 Å². The highest BCUT2D eigenvalue weighted by Crippen LogP contribution is 2.71. The zero-order chi connectivity index (χ0) is 24.2. The zero-order valence-electron chi connectivity index (χ0n) is 20.2. The van der Waals surface area contributed by atoms with Crippen LogP contribution in [0, 0.1) is 34.0 Å². The van der Waals surface area contributed by atoms with Crippen LogP contribution in [-0.4, -0.2) is 36.7 Å². The summed E-state index contributed by atoms with van der Waals surface area (Å²) in [5.41, 5.74) is -1.26. The number of fused-ring (bicyclic) bond motifs is 3. The van der Waals surface area contributed by atoms with Crippen molar-refractivity contribution in [3.8, 4) is 0 Å². The first-order valence-electron chi connectivity index (χ1n) is 12.4.